The Labute approximate surface area is 136 Å². The van der Waals surface area contributed by atoms with Crippen LogP contribution in [-0.2, 0) is 10.2 Å². The summed E-state index contributed by atoms with van der Waals surface area (Å²) >= 11 is 0. The van der Waals surface area contributed by atoms with Crippen molar-refractivity contribution < 1.29 is 12.8 Å². The summed E-state index contributed by atoms with van der Waals surface area (Å²) in [5.41, 5.74) is 0.405. The topological polar surface area (TPSA) is 84.5 Å². The minimum absolute atomic E-state index is 0. The standard InChI is InChI=1S/C12H22FN5O2S.ClH/c1-9(2)17-7-12(5-15-17)18(21(14,19)20)8-11-4-10(13)6-16(11)3;/h5,7,9-11H,4,6,8H2,1-3H3,(H2,14,19,20);1H/t10-,11+;/m1./s1. The second-order valence-corrected chi connectivity index (χ2v) is 7.25. The Balaban J connectivity index is 0.00000242. The van der Waals surface area contributed by atoms with Gasteiger partial charge in [-0.15, -0.1) is 12.4 Å². The van der Waals surface area contributed by atoms with E-state index in [0.717, 1.165) is 4.31 Å². The molecule has 128 valence electrons. The molecule has 7 nitrogen and oxygen atoms in total. The van der Waals surface area contributed by atoms with Gasteiger partial charge in [-0.1, -0.05) is 0 Å². The maximum Gasteiger partial charge on any atom is 0.299 e. The Kier molecular flexibility index (Phi) is 6.19. The molecule has 0 saturated carbocycles. The SMILES string of the molecule is CC(C)n1cc(N(C[C@@H]2C[C@@H](F)CN2C)S(N)(=O)=O)cn1.Cl. The average molecular weight is 356 g/mol. The lowest BCUT2D eigenvalue weighted by Crippen LogP contribution is -2.44. The zero-order valence-electron chi connectivity index (χ0n) is 12.9. The lowest BCUT2D eigenvalue weighted by Gasteiger charge is -2.27. The van der Waals surface area contributed by atoms with Gasteiger partial charge in [-0.05, 0) is 27.3 Å². The maximum absolute atomic E-state index is 13.4. The molecule has 2 heterocycles. The van der Waals surface area contributed by atoms with Crippen LogP contribution >= 0.6 is 12.4 Å². The molecule has 10 heteroatoms. The van der Waals surface area contributed by atoms with Crippen LogP contribution in [0.4, 0.5) is 10.1 Å². The second-order valence-electron chi connectivity index (χ2n) is 5.77. The van der Waals surface area contributed by atoms with Crippen molar-refractivity contribution in [2.45, 2.75) is 38.5 Å². The molecule has 2 rings (SSSR count). The minimum Gasteiger partial charge on any atom is -0.299 e. The lowest BCUT2D eigenvalue weighted by atomic mass is 10.2. The Morgan fingerprint density at radius 1 is 1.55 bits per heavy atom. The van der Waals surface area contributed by atoms with Gasteiger partial charge >= 0.3 is 0 Å². The number of halogens is 2. The summed E-state index contributed by atoms with van der Waals surface area (Å²) in [6.45, 7) is 4.32. The van der Waals surface area contributed by atoms with Crippen LogP contribution in [0.25, 0.3) is 0 Å². The number of likely N-dealkylation sites (N-methyl/N-ethyl adjacent to an activating group) is 1. The summed E-state index contributed by atoms with van der Waals surface area (Å²) in [5, 5.41) is 9.43. The van der Waals surface area contributed by atoms with E-state index in [1.807, 2.05) is 18.7 Å². The predicted octanol–water partition coefficient (Wildman–Crippen LogP) is 0.938. The number of nitrogens with zero attached hydrogens (tertiary/aromatic N) is 4. The average Bonchev–Trinajstić information content (AvgIpc) is 2.91. The lowest BCUT2D eigenvalue weighted by molar-refractivity contribution is 0.297. The molecular formula is C12H23ClFN5O2S. The van der Waals surface area contributed by atoms with E-state index in [1.54, 1.807) is 17.9 Å². The van der Waals surface area contributed by atoms with Crippen LogP contribution < -0.4 is 9.44 Å². The number of alkyl halides is 1. The molecule has 1 aromatic rings. The third kappa shape index (κ3) is 4.31. The number of hydrogen-bond acceptors (Lipinski definition) is 4. The van der Waals surface area contributed by atoms with Crippen molar-refractivity contribution in [1.82, 2.24) is 14.7 Å². The number of hydrogen-bond donors (Lipinski definition) is 1. The van der Waals surface area contributed by atoms with Crippen LogP contribution in [0.15, 0.2) is 12.4 Å². The summed E-state index contributed by atoms with van der Waals surface area (Å²) in [6, 6.07) is -0.0776. The molecule has 22 heavy (non-hydrogen) atoms. The van der Waals surface area contributed by atoms with Crippen molar-refractivity contribution in [2.75, 3.05) is 24.4 Å². The number of aromatic nitrogens is 2. The van der Waals surface area contributed by atoms with E-state index in [2.05, 4.69) is 5.10 Å². The zero-order valence-corrected chi connectivity index (χ0v) is 14.5. The Hall–Kier alpha value is -0.900. The highest BCUT2D eigenvalue weighted by Crippen LogP contribution is 2.24. The van der Waals surface area contributed by atoms with Crippen LogP contribution in [-0.4, -0.2) is 55.4 Å². The fourth-order valence-corrected chi connectivity index (χ4v) is 3.28. The molecule has 2 N–H and O–H groups in total. The molecule has 1 aliphatic rings. The van der Waals surface area contributed by atoms with Gasteiger partial charge in [0.25, 0.3) is 10.2 Å². The van der Waals surface area contributed by atoms with Crippen molar-refractivity contribution in [3.63, 3.8) is 0 Å². The minimum atomic E-state index is -3.93. The number of anilines is 1. The van der Waals surface area contributed by atoms with Gasteiger partial charge in [0.05, 0.1) is 18.4 Å². The summed E-state index contributed by atoms with van der Waals surface area (Å²) in [6.07, 6.45) is 2.48. The molecule has 0 aromatic carbocycles. The van der Waals surface area contributed by atoms with Crippen LogP contribution in [0.2, 0.25) is 0 Å². The Morgan fingerprint density at radius 3 is 2.59 bits per heavy atom. The van der Waals surface area contributed by atoms with Crippen LogP contribution in [0.3, 0.4) is 0 Å². The number of nitrogens with two attached hydrogens (primary N) is 1. The molecule has 1 aliphatic heterocycles. The van der Waals surface area contributed by atoms with Gasteiger partial charge < -0.3 is 0 Å². The van der Waals surface area contributed by atoms with Gasteiger partial charge in [0.2, 0.25) is 0 Å². The quantitative estimate of drug-likeness (QED) is 0.851. The Morgan fingerprint density at radius 2 is 2.18 bits per heavy atom. The third-order valence-electron chi connectivity index (χ3n) is 3.73. The molecule has 1 saturated heterocycles. The Bertz CT molecular complexity index is 594. The van der Waals surface area contributed by atoms with Gasteiger partial charge in [-0.25, -0.2) is 9.53 Å². The van der Waals surface area contributed by atoms with Crippen molar-refractivity contribution in [2.24, 2.45) is 5.14 Å². The van der Waals surface area contributed by atoms with Gasteiger partial charge in [-0.2, -0.15) is 13.5 Å². The van der Waals surface area contributed by atoms with Crippen molar-refractivity contribution in [1.29, 1.82) is 0 Å². The maximum atomic E-state index is 13.4. The molecule has 0 unspecified atom stereocenters. The predicted molar refractivity (Wildman–Crippen MR) is 86.2 cm³/mol. The number of likely N-dealkylation sites (tertiary alicyclic amines) is 1. The fraction of sp³-hybridized carbons (Fsp3) is 0.750. The zero-order chi connectivity index (χ0) is 15.8. The first-order valence-electron chi connectivity index (χ1n) is 6.87. The van der Waals surface area contributed by atoms with Gasteiger partial charge in [0.15, 0.2) is 0 Å². The van der Waals surface area contributed by atoms with Crippen LogP contribution in [0, 0.1) is 0 Å². The van der Waals surface area contributed by atoms with Gasteiger partial charge in [0.1, 0.15) is 6.17 Å². The van der Waals surface area contributed by atoms with Crippen LogP contribution in [0.5, 0.6) is 0 Å². The molecule has 0 bridgehead atoms. The van der Waals surface area contributed by atoms with Crippen molar-refractivity contribution in [3.8, 4) is 0 Å². The van der Waals surface area contributed by atoms with E-state index in [0.29, 0.717) is 18.7 Å². The fourth-order valence-electron chi connectivity index (χ4n) is 2.51. The highest BCUT2D eigenvalue weighted by molar-refractivity contribution is 7.90. The molecule has 1 fully saturated rings. The normalized spacial score (nSPS) is 22.8. The van der Waals surface area contributed by atoms with Crippen molar-refractivity contribution in [3.05, 3.63) is 12.4 Å². The summed E-state index contributed by atoms with van der Waals surface area (Å²) in [5.74, 6) is 0. The highest BCUT2D eigenvalue weighted by Gasteiger charge is 2.33. The van der Waals surface area contributed by atoms with Crippen LogP contribution in [0.1, 0.15) is 26.3 Å². The van der Waals surface area contributed by atoms with E-state index in [-0.39, 0.29) is 31.0 Å². The van der Waals surface area contributed by atoms with E-state index < -0.39 is 16.4 Å². The van der Waals surface area contributed by atoms with Gasteiger partial charge in [-0.3, -0.25) is 13.9 Å². The van der Waals surface area contributed by atoms with Crippen molar-refractivity contribution >= 4 is 28.3 Å². The molecule has 2 atom stereocenters. The molecule has 1 aromatic heterocycles. The molecule has 0 radical (unpaired) electrons. The number of rotatable bonds is 5. The molecular weight excluding hydrogens is 333 g/mol. The first-order chi connectivity index (χ1) is 9.68. The molecule has 0 aliphatic carbocycles. The highest BCUT2D eigenvalue weighted by atomic mass is 35.5. The smallest absolute Gasteiger partial charge is 0.299 e. The largest absolute Gasteiger partial charge is 0.299 e. The van der Waals surface area contributed by atoms with E-state index in [1.165, 1.54) is 6.20 Å². The molecule has 0 amide bonds. The first kappa shape index (κ1) is 19.1. The second kappa shape index (κ2) is 7.12. The molecule has 0 spiro atoms. The van der Waals surface area contributed by atoms with E-state index in [9.17, 15) is 12.8 Å². The van der Waals surface area contributed by atoms with E-state index >= 15 is 0 Å². The monoisotopic (exact) mass is 355 g/mol. The summed E-state index contributed by atoms with van der Waals surface area (Å²) in [7, 11) is -2.15. The third-order valence-corrected chi connectivity index (χ3v) is 4.70. The first-order valence-corrected chi connectivity index (χ1v) is 8.37. The summed E-state index contributed by atoms with van der Waals surface area (Å²) < 4.78 is 39.9. The summed E-state index contributed by atoms with van der Waals surface area (Å²) in [4.78, 5) is 1.82. The van der Waals surface area contributed by atoms with E-state index in [4.69, 9.17) is 5.14 Å². The van der Waals surface area contributed by atoms with Gasteiger partial charge in [0, 0.05) is 24.8 Å².